The highest BCUT2D eigenvalue weighted by molar-refractivity contribution is 7.89. The first-order valence-corrected chi connectivity index (χ1v) is 9.26. The molecule has 1 atom stereocenters. The molecule has 0 amide bonds. The fourth-order valence-corrected chi connectivity index (χ4v) is 3.60. The second-order valence-corrected chi connectivity index (χ2v) is 7.15. The van der Waals surface area contributed by atoms with Crippen LogP contribution in [0.2, 0.25) is 0 Å². The summed E-state index contributed by atoms with van der Waals surface area (Å²) in [4.78, 5) is 0.156. The van der Waals surface area contributed by atoms with Crippen LogP contribution in [0.15, 0.2) is 53.4 Å². The van der Waals surface area contributed by atoms with Gasteiger partial charge in [0.25, 0.3) is 0 Å². The predicted octanol–water partition coefficient (Wildman–Crippen LogP) is 3.18. The summed E-state index contributed by atoms with van der Waals surface area (Å²) in [6.45, 7) is 2.39. The number of rotatable bonds is 8. The Bertz CT molecular complexity index is 760. The van der Waals surface area contributed by atoms with Gasteiger partial charge in [0.15, 0.2) is 11.5 Å². The van der Waals surface area contributed by atoms with Crippen LogP contribution in [0.3, 0.4) is 0 Å². The predicted molar refractivity (Wildman–Crippen MR) is 94.2 cm³/mol. The molecule has 1 N–H and O–H groups in total. The minimum absolute atomic E-state index is 0.126. The van der Waals surface area contributed by atoms with Gasteiger partial charge in [0.1, 0.15) is 0 Å². The van der Waals surface area contributed by atoms with Crippen molar-refractivity contribution in [1.82, 2.24) is 4.72 Å². The Kier molecular flexibility index (Phi) is 6.23. The van der Waals surface area contributed by atoms with Gasteiger partial charge in [0, 0.05) is 12.6 Å². The maximum atomic E-state index is 12.5. The molecule has 0 aromatic heterocycles. The summed E-state index contributed by atoms with van der Waals surface area (Å²) < 4.78 is 38.1. The molecule has 0 saturated heterocycles. The number of ether oxygens (including phenoxy) is 2. The SMILES string of the molecule is CCC(CNS(=O)(=O)c1ccc(OC)c(OC)c1)c1ccccc1. The van der Waals surface area contributed by atoms with Gasteiger partial charge < -0.3 is 9.47 Å². The summed E-state index contributed by atoms with van der Waals surface area (Å²) in [7, 11) is -0.630. The van der Waals surface area contributed by atoms with Crippen LogP contribution in [-0.4, -0.2) is 29.2 Å². The van der Waals surface area contributed by atoms with Crippen molar-refractivity contribution in [3.8, 4) is 11.5 Å². The average Bonchev–Trinajstić information content (AvgIpc) is 2.62. The van der Waals surface area contributed by atoms with Crippen LogP contribution in [0.1, 0.15) is 24.8 Å². The van der Waals surface area contributed by atoms with E-state index in [9.17, 15) is 8.42 Å². The molecule has 0 heterocycles. The van der Waals surface area contributed by atoms with Crippen molar-refractivity contribution < 1.29 is 17.9 Å². The van der Waals surface area contributed by atoms with E-state index in [4.69, 9.17) is 9.47 Å². The van der Waals surface area contributed by atoms with Crippen LogP contribution in [-0.2, 0) is 10.0 Å². The molecular formula is C18H23NO4S. The van der Waals surface area contributed by atoms with E-state index >= 15 is 0 Å². The lowest BCUT2D eigenvalue weighted by Gasteiger charge is -2.17. The molecule has 0 bridgehead atoms. The van der Waals surface area contributed by atoms with E-state index in [1.54, 1.807) is 6.07 Å². The maximum Gasteiger partial charge on any atom is 0.240 e. The molecule has 0 radical (unpaired) electrons. The van der Waals surface area contributed by atoms with Gasteiger partial charge in [-0.25, -0.2) is 13.1 Å². The van der Waals surface area contributed by atoms with Crippen LogP contribution in [0, 0.1) is 0 Å². The molecule has 130 valence electrons. The smallest absolute Gasteiger partial charge is 0.240 e. The second kappa shape index (κ2) is 8.17. The van der Waals surface area contributed by atoms with Gasteiger partial charge in [-0.2, -0.15) is 0 Å². The highest BCUT2D eigenvalue weighted by Crippen LogP contribution is 2.29. The topological polar surface area (TPSA) is 64.6 Å². The Morgan fingerprint density at radius 2 is 1.67 bits per heavy atom. The summed E-state index contributed by atoms with van der Waals surface area (Å²) in [5.41, 5.74) is 1.12. The Morgan fingerprint density at radius 3 is 2.25 bits per heavy atom. The van der Waals surface area contributed by atoms with Crippen molar-refractivity contribution in [1.29, 1.82) is 0 Å². The van der Waals surface area contributed by atoms with Crippen molar-refractivity contribution in [3.05, 3.63) is 54.1 Å². The molecule has 5 nitrogen and oxygen atoms in total. The number of sulfonamides is 1. The first-order valence-electron chi connectivity index (χ1n) is 7.78. The lowest BCUT2D eigenvalue weighted by atomic mass is 9.97. The fraction of sp³-hybridized carbons (Fsp3) is 0.333. The van der Waals surface area contributed by atoms with Crippen molar-refractivity contribution >= 4 is 10.0 Å². The Labute approximate surface area is 143 Å². The number of benzene rings is 2. The summed E-state index contributed by atoms with van der Waals surface area (Å²) in [6.07, 6.45) is 0.846. The number of hydrogen-bond acceptors (Lipinski definition) is 4. The van der Waals surface area contributed by atoms with Gasteiger partial charge in [-0.1, -0.05) is 37.3 Å². The first kappa shape index (κ1) is 18.3. The molecule has 0 aliphatic rings. The van der Waals surface area contributed by atoms with Gasteiger partial charge in [-0.15, -0.1) is 0 Å². The molecule has 0 saturated carbocycles. The zero-order chi connectivity index (χ0) is 17.6. The van der Waals surface area contributed by atoms with E-state index in [-0.39, 0.29) is 10.8 Å². The van der Waals surface area contributed by atoms with Crippen LogP contribution in [0.5, 0.6) is 11.5 Å². The van der Waals surface area contributed by atoms with E-state index in [1.165, 1.54) is 26.4 Å². The van der Waals surface area contributed by atoms with Crippen molar-refractivity contribution in [2.75, 3.05) is 20.8 Å². The molecule has 0 aliphatic heterocycles. The second-order valence-electron chi connectivity index (χ2n) is 5.38. The zero-order valence-corrected chi connectivity index (χ0v) is 15.0. The van der Waals surface area contributed by atoms with Crippen LogP contribution >= 0.6 is 0 Å². The van der Waals surface area contributed by atoms with E-state index in [1.807, 2.05) is 37.3 Å². The third-order valence-electron chi connectivity index (χ3n) is 3.95. The van der Waals surface area contributed by atoms with E-state index in [0.717, 1.165) is 12.0 Å². The fourth-order valence-electron chi connectivity index (χ4n) is 2.50. The van der Waals surface area contributed by atoms with Gasteiger partial charge in [-0.05, 0) is 30.0 Å². The Hall–Kier alpha value is -2.05. The van der Waals surface area contributed by atoms with Crippen molar-refractivity contribution in [3.63, 3.8) is 0 Å². The molecule has 6 heteroatoms. The highest BCUT2D eigenvalue weighted by Gasteiger charge is 2.19. The Balaban J connectivity index is 2.16. The van der Waals surface area contributed by atoms with E-state index in [0.29, 0.717) is 18.0 Å². The molecule has 24 heavy (non-hydrogen) atoms. The van der Waals surface area contributed by atoms with Crippen LogP contribution in [0.25, 0.3) is 0 Å². The molecule has 2 aromatic carbocycles. The Morgan fingerprint density at radius 1 is 1.00 bits per heavy atom. The molecule has 0 fully saturated rings. The summed E-state index contributed by atoms with van der Waals surface area (Å²) in [5.74, 6) is 1.00. The summed E-state index contributed by atoms with van der Waals surface area (Å²) >= 11 is 0. The molecule has 2 aromatic rings. The monoisotopic (exact) mass is 349 g/mol. The molecule has 0 aliphatic carbocycles. The van der Waals surface area contributed by atoms with Crippen molar-refractivity contribution in [2.24, 2.45) is 0 Å². The lowest BCUT2D eigenvalue weighted by Crippen LogP contribution is -2.28. The average molecular weight is 349 g/mol. The van der Waals surface area contributed by atoms with Crippen LogP contribution < -0.4 is 14.2 Å². The van der Waals surface area contributed by atoms with E-state index in [2.05, 4.69) is 4.72 Å². The number of hydrogen-bond donors (Lipinski definition) is 1. The summed E-state index contributed by atoms with van der Waals surface area (Å²) in [5, 5.41) is 0. The third-order valence-corrected chi connectivity index (χ3v) is 5.37. The minimum atomic E-state index is -3.62. The van der Waals surface area contributed by atoms with Gasteiger partial charge >= 0.3 is 0 Å². The van der Waals surface area contributed by atoms with Gasteiger partial charge in [-0.3, -0.25) is 0 Å². The largest absolute Gasteiger partial charge is 0.493 e. The first-order chi connectivity index (χ1) is 11.5. The third kappa shape index (κ3) is 4.27. The molecule has 1 unspecified atom stereocenters. The number of methoxy groups -OCH3 is 2. The molecule has 2 rings (SSSR count). The standard InChI is InChI=1S/C18H23NO4S/c1-4-14(15-8-6-5-7-9-15)13-19-24(20,21)16-10-11-17(22-2)18(12-16)23-3/h5-12,14,19H,4,13H2,1-3H3. The molecule has 0 spiro atoms. The van der Waals surface area contributed by atoms with Crippen LogP contribution in [0.4, 0.5) is 0 Å². The van der Waals surface area contributed by atoms with Gasteiger partial charge in [0.05, 0.1) is 19.1 Å². The zero-order valence-electron chi connectivity index (χ0n) is 14.2. The van der Waals surface area contributed by atoms with Crippen molar-refractivity contribution in [2.45, 2.75) is 24.2 Å². The number of nitrogens with one attached hydrogen (secondary N) is 1. The van der Waals surface area contributed by atoms with E-state index < -0.39 is 10.0 Å². The normalized spacial score (nSPS) is 12.6. The molecular weight excluding hydrogens is 326 g/mol. The lowest BCUT2D eigenvalue weighted by molar-refractivity contribution is 0.354. The highest BCUT2D eigenvalue weighted by atomic mass is 32.2. The quantitative estimate of drug-likeness (QED) is 0.795. The van der Waals surface area contributed by atoms with Gasteiger partial charge in [0.2, 0.25) is 10.0 Å². The maximum absolute atomic E-state index is 12.5. The summed E-state index contributed by atoms with van der Waals surface area (Å²) in [6, 6.07) is 14.4. The minimum Gasteiger partial charge on any atom is -0.493 e.